The van der Waals surface area contributed by atoms with Crippen molar-refractivity contribution in [2.45, 2.75) is 59.0 Å². The van der Waals surface area contributed by atoms with E-state index in [0.29, 0.717) is 12.5 Å². The van der Waals surface area contributed by atoms with E-state index < -0.39 is 0 Å². The Morgan fingerprint density at radius 2 is 2.06 bits per heavy atom. The van der Waals surface area contributed by atoms with E-state index in [9.17, 15) is 4.79 Å². The van der Waals surface area contributed by atoms with Crippen LogP contribution in [-0.4, -0.2) is 18.5 Å². The number of carbonyl (C=O) groups is 1. The van der Waals surface area contributed by atoms with Crippen LogP contribution >= 0.6 is 0 Å². The van der Waals surface area contributed by atoms with Gasteiger partial charge in [0, 0.05) is 18.6 Å². The topological polar surface area (TPSA) is 39.4 Å². The minimum absolute atomic E-state index is 0.208. The highest BCUT2D eigenvalue weighted by molar-refractivity contribution is 5.98. The van der Waals surface area contributed by atoms with Gasteiger partial charge in [-0.15, -0.1) is 0 Å². The van der Waals surface area contributed by atoms with Crippen LogP contribution in [0.3, 0.4) is 0 Å². The van der Waals surface area contributed by atoms with Gasteiger partial charge in [0.15, 0.2) is 5.78 Å². The van der Waals surface area contributed by atoms with Crippen molar-refractivity contribution >= 4 is 5.78 Å². The minimum atomic E-state index is 0.208. The first-order valence-corrected chi connectivity index (χ1v) is 6.81. The van der Waals surface area contributed by atoms with Crippen molar-refractivity contribution in [3.05, 3.63) is 22.6 Å². The van der Waals surface area contributed by atoms with E-state index in [4.69, 9.17) is 9.15 Å². The zero-order valence-electron chi connectivity index (χ0n) is 11.5. The van der Waals surface area contributed by atoms with Crippen molar-refractivity contribution in [3.63, 3.8) is 0 Å². The number of hydrogen-bond donors (Lipinski definition) is 0. The SMILES string of the molecule is Cc1oc(C)c(C(=O)CCCC2CCCO2)c1C. The van der Waals surface area contributed by atoms with Gasteiger partial charge in [0.1, 0.15) is 11.5 Å². The summed E-state index contributed by atoms with van der Waals surface area (Å²) in [5, 5.41) is 0. The van der Waals surface area contributed by atoms with E-state index in [1.54, 1.807) is 0 Å². The van der Waals surface area contributed by atoms with Crippen LogP contribution in [0.5, 0.6) is 0 Å². The molecule has 0 aromatic carbocycles. The number of Topliss-reactive ketones (excluding diaryl/α,β-unsaturated/α-hetero) is 1. The summed E-state index contributed by atoms with van der Waals surface area (Å²) in [4.78, 5) is 12.2. The standard InChI is InChI=1S/C15H22O3/c1-10-11(2)18-12(3)15(10)14(16)8-4-6-13-7-5-9-17-13/h13H,4-9H2,1-3H3. The molecule has 0 aliphatic carbocycles. The summed E-state index contributed by atoms with van der Waals surface area (Å²) < 4.78 is 11.1. The average molecular weight is 250 g/mol. The number of carbonyl (C=O) groups excluding carboxylic acids is 1. The van der Waals surface area contributed by atoms with Crippen LogP contribution in [0.2, 0.25) is 0 Å². The fourth-order valence-electron chi connectivity index (χ4n) is 2.69. The molecule has 0 bridgehead atoms. The summed E-state index contributed by atoms with van der Waals surface area (Å²) in [7, 11) is 0. The molecular formula is C15H22O3. The number of aryl methyl sites for hydroxylation is 2. The molecule has 2 rings (SSSR count). The molecule has 1 unspecified atom stereocenters. The minimum Gasteiger partial charge on any atom is -0.466 e. The first-order chi connectivity index (χ1) is 8.59. The van der Waals surface area contributed by atoms with Crippen LogP contribution in [0, 0.1) is 20.8 Å². The maximum atomic E-state index is 12.2. The Hall–Kier alpha value is -1.09. The first kappa shape index (κ1) is 13.3. The fraction of sp³-hybridized carbons (Fsp3) is 0.667. The lowest BCUT2D eigenvalue weighted by Crippen LogP contribution is -2.07. The smallest absolute Gasteiger partial charge is 0.166 e. The third kappa shape index (κ3) is 2.83. The van der Waals surface area contributed by atoms with Gasteiger partial charge in [-0.25, -0.2) is 0 Å². The summed E-state index contributed by atoms with van der Waals surface area (Å²) in [6.07, 6.45) is 5.20. The van der Waals surface area contributed by atoms with E-state index in [1.807, 2.05) is 20.8 Å². The predicted octanol–water partition coefficient (Wildman–Crippen LogP) is 3.74. The molecule has 1 aromatic heterocycles. The third-order valence-corrected chi connectivity index (χ3v) is 3.79. The van der Waals surface area contributed by atoms with Crippen molar-refractivity contribution in [3.8, 4) is 0 Å². The zero-order valence-corrected chi connectivity index (χ0v) is 11.5. The van der Waals surface area contributed by atoms with Crippen LogP contribution in [0.15, 0.2) is 4.42 Å². The molecule has 1 aliphatic heterocycles. The van der Waals surface area contributed by atoms with Crippen molar-refractivity contribution in [2.75, 3.05) is 6.61 Å². The summed E-state index contributed by atoms with van der Waals surface area (Å²) in [5.41, 5.74) is 1.79. The highest BCUT2D eigenvalue weighted by atomic mass is 16.5. The number of ether oxygens (including phenoxy) is 1. The predicted molar refractivity (Wildman–Crippen MR) is 70.1 cm³/mol. The molecular weight excluding hydrogens is 228 g/mol. The molecule has 1 atom stereocenters. The summed E-state index contributed by atoms with van der Waals surface area (Å²) >= 11 is 0. The highest BCUT2D eigenvalue weighted by Gasteiger charge is 2.19. The molecule has 1 fully saturated rings. The lowest BCUT2D eigenvalue weighted by Gasteiger charge is -2.08. The van der Waals surface area contributed by atoms with Crippen LogP contribution in [0.25, 0.3) is 0 Å². The van der Waals surface area contributed by atoms with Crippen LogP contribution in [-0.2, 0) is 4.74 Å². The van der Waals surface area contributed by atoms with Crippen molar-refractivity contribution in [1.82, 2.24) is 0 Å². The van der Waals surface area contributed by atoms with Gasteiger partial charge in [-0.3, -0.25) is 4.79 Å². The van der Waals surface area contributed by atoms with Crippen LogP contribution in [0.4, 0.5) is 0 Å². The van der Waals surface area contributed by atoms with Gasteiger partial charge in [-0.05, 0) is 46.5 Å². The van der Waals surface area contributed by atoms with Gasteiger partial charge < -0.3 is 9.15 Å². The molecule has 1 aromatic rings. The maximum absolute atomic E-state index is 12.2. The molecule has 0 spiro atoms. The second kappa shape index (κ2) is 5.70. The molecule has 3 nitrogen and oxygen atoms in total. The van der Waals surface area contributed by atoms with Crippen LogP contribution < -0.4 is 0 Å². The number of hydrogen-bond acceptors (Lipinski definition) is 3. The Labute approximate surface area is 109 Å². The summed E-state index contributed by atoms with van der Waals surface area (Å²) in [6, 6.07) is 0. The lowest BCUT2D eigenvalue weighted by atomic mass is 10.00. The molecule has 2 heterocycles. The Bertz CT molecular complexity index is 425. The van der Waals surface area contributed by atoms with Gasteiger partial charge >= 0.3 is 0 Å². The monoisotopic (exact) mass is 250 g/mol. The number of rotatable bonds is 5. The molecule has 0 radical (unpaired) electrons. The summed E-state index contributed by atoms with van der Waals surface area (Å²) in [6.45, 7) is 6.62. The number of ketones is 1. The molecule has 3 heteroatoms. The third-order valence-electron chi connectivity index (χ3n) is 3.79. The number of furan rings is 1. The highest BCUT2D eigenvalue weighted by Crippen LogP contribution is 2.24. The normalized spacial score (nSPS) is 19.4. The molecule has 18 heavy (non-hydrogen) atoms. The zero-order chi connectivity index (χ0) is 13.1. The second-order valence-corrected chi connectivity index (χ2v) is 5.16. The maximum Gasteiger partial charge on any atom is 0.166 e. The van der Waals surface area contributed by atoms with Gasteiger partial charge in [0.25, 0.3) is 0 Å². The molecule has 100 valence electrons. The van der Waals surface area contributed by atoms with Gasteiger partial charge in [-0.1, -0.05) is 0 Å². The van der Waals surface area contributed by atoms with E-state index in [-0.39, 0.29) is 5.78 Å². The van der Waals surface area contributed by atoms with Gasteiger partial charge in [-0.2, -0.15) is 0 Å². The molecule has 0 amide bonds. The van der Waals surface area contributed by atoms with Crippen LogP contribution in [0.1, 0.15) is 59.5 Å². The van der Waals surface area contributed by atoms with E-state index in [2.05, 4.69) is 0 Å². The van der Waals surface area contributed by atoms with E-state index in [0.717, 1.165) is 54.9 Å². The average Bonchev–Trinajstić information content (AvgIpc) is 2.89. The van der Waals surface area contributed by atoms with Gasteiger partial charge in [0.05, 0.1) is 11.7 Å². The second-order valence-electron chi connectivity index (χ2n) is 5.16. The van der Waals surface area contributed by atoms with E-state index in [1.165, 1.54) is 0 Å². The first-order valence-electron chi connectivity index (χ1n) is 6.81. The Morgan fingerprint density at radius 1 is 1.28 bits per heavy atom. The van der Waals surface area contributed by atoms with Crippen molar-refractivity contribution < 1.29 is 13.9 Å². The fourth-order valence-corrected chi connectivity index (χ4v) is 2.69. The largest absolute Gasteiger partial charge is 0.466 e. The Balaban J connectivity index is 1.87. The Morgan fingerprint density at radius 3 is 2.61 bits per heavy atom. The van der Waals surface area contributed by atoms with Crippen molar-refractivity contribution in [1.29, 1.82) is 0 Å². The lowest BCUT2D eigenvalue weighted by molar-refractivity contribution is 0.0921. The molecule has 0 saturated carbocycles. The van der Waals surface area contributed by atoms with E-state index >= 15 is 0 Å². The Kier molecular flexibility index (Phi) is 4.23. The molecule has 0 N–H and O–H groups in total. The molecule has 1 aliphatic rings. The quantitative estimate of drug-likeness (QED) is 0.747. The molecule has 1 saturated heterocycles. The van der Waals surface area contributed by atoms with Crippen molar-refractivity contribution in [2.24, 2.45) is 0 Å². The summed E-state index contributed by atoms with van der Waals surface area (Å²) in [5.74, 6) is 1.82. The van der Waals surface area contributed by atoms with Gasteiger partial charge in [0.2, 0.25) is 0 Å².